The number of benzene rings is 2. The molecule has 0 atom stereocenters. The number of aromatic nitrogens is 3. The van der Waals surface area contributed by atoms with Crippen molar-refractivity contribution in [3.05, 3.63) is 54.1 Å². The van der Waals surface area contributed by atoms with Crippen molar-refractivity contribution in [2.45, 2.75) is 25.2 Å². The molecule has 1 amide bonds. The number of amides is 1. The maximum atomic E-state index is 12.3. The molecule has 0 aliphatic rings. The number of alkyl halides is 2. The summed E-state index contributed by atoms with van der Waals surface area (Å²) in [5.74, 6) is 0.579. The predicted molar refractivity (Wildman–Crippen MR) is 114 cm³/mol. The summed E-state index contributed by atoms with van der Waals surface area (Å²) >= 11 is 1.25. The van der Waals surface area contributed by atoms with Gasteiger partial charge in [-0.25, -0.2) is 0 Å². The minimum absolute atomic E-state index is 0.0253. The van der Waals surface area contributed by atoms with Gasteiger partial charge in [-0.3, -0.25) is 9.36 Å². The highest BCUT2D eigenvalue weighted by Crippen LogP contribution is 2.25. The summed E-state index contributed by atoms with van der Waals surface area (Å²) in [6, 6.07) is 13.7. The Morgan fingerprint density at radius 3 is 2.65 bits per heavy atom. The predicted octanol–water partition coefficient (Wildman–Crippen LogP) is 4.23. The molecule has 0 saturated heterocycles. The zero-order valence-corrected chi connectivity index (χ0v) is 17.9. The molecule has 0 bridgehead atoms. The molecule has 1 aromatic heterocycles. The summed E-state index contributed by atoms with van der Waals surface area (Å²) in [5, 5.41) is 11.9. The van der Waals surface area contributed by atoms with Crippen LogP contribution in [0.1, 0.15) is 5.56 Å². The van der Waals surface area contributed by atoms with Gasteiger partial charge in [0, 0.05) is 18.4 Å². The largest absolute Gasteiger partial charge is 0.435 e. The van der Waals surface area contributed by atoms with Crippen LogP contribution < -0.4 is 10.1 Å². The normalized spacial score (nSPS) is 11.0. The number of hydrogen-bond donors (Lipinski definition) is 1. The Bertz CT molecular complexity index is 1010. The maximum Gasteiger partial charge on any atom is 0.387 e. The van der Waals surface area contributed by atoms with Gasteiger partial charge in [0.1, 0.15) is 5.75 Å². The molecule has 0 fully saturated rings. The number of nitrogens with zero attached hydrogens (tertiary/aromatic N) is 3. The highest BCUT2D eigenvalue weighted by Gasteiger charge is 2.16. The van der Waals surface area contributed by atoms with E-state index in [0.717, 1.165) is 11.1 Å². The van der Waals surface area contributed by atoms with Crippen LogP contribution in [0.2, 0.25) is 0 Å². The standard InChI is InChI=1S/C21H22F2N4O3S/c1-14-4-3-5-15(12-14)19-25-26-21(27(19)10-11-29-2)31-13-18(28)24-16-6-8-17(9-7-16)30-20(22)23/h3-9,12,20H,10-11,13H2,1-2H3,(H,24,28). The summed E-state index contributed by atoms with van der Waals surface area (Å²) in [6.45, 7) is 0.134. The van der Waals surface area contributed by atoms with Gasteiger partial charge in [0.25, 0.3) is 0 Å². The molecule has 1 N–H and O–H groups in total. The Morgan fingerprint density at radius 2 is 1.97 bits per heavy atom. The summed E-state index contributed by atoms with van der Waals surface area (Å²) in [6.07, 6.45) is 0. The molecular weight excluding hydrogens is 426 g/mol. The highest BCUT2D eigenvalue weighted by molar-refractivity contribution is 7.99. The lowest BCUT2D eigenvalue weighted by Gasteiger charge is -2.10. The molecule has 1 heterocycles. The Labute approximate surface area is 182 Å². The monoisotopic (exact) mass is 448 g/mol. The zero-order chi connectivity index (χ0) is 22.2. The van der Waals surface area contributed by atoms with Gasteiger partial charge in [0.05, 0.1) is 18.9 Å². The lowest BCUT2D eigenvalue weighted by molar-refractivity contribution is -0.113. The number of carbonyl (C=O) groups excluding carboxylic acids is 1. The molecule has 7 nitrogen and oxygen atoms in total. The maximum absolute atomic E-state index is 12.3. The average Bonchev–Trinajstić information content (AvgIpc) is 3.14. The van der Waals surface area contributed by atoms with Crippen LogP contribution in [0.3, 0.4) is 0 Å². The molecule has 0 unspecified atom stereocenters. The summed E-state index contributed by atoms with van der Waals surface area (Å²) in [5.41, 5.74) is 2.52. The van der Waals surface area contributed by atoms with Crippen LogP contribution in [0.4, 0.5) is 14.5 Å². The molecule has 0 aliphatic carbocycles. The van der Waals surface area contributed by atoms with E-state index in [9.17, 15) is 13.6 Å². The lowest BCUT2D eigenvalue weighted by atomic mass is 10.1. The van der Waals surface area contributed by atoms with Crippen molar-refractivity contribution in [1.82, 2.24) is 14.8 Å². The second-order valence-corrected chi connectivity index (χ2v) is 7.50. The van der Waals surface area contributed by atoms with E-state index < -0.39 is 6.61 Å². The fourth-order valence-electron chi connectivity index (χ4n) is 2.82. The minimum atomic E-state index is -2.89. The van der Waals surface area contributed by atoms with E-state index in [1.165, 1.54) is 36.0 Å². The van der Waals surface area contributed by atoms with Crippen LogP contribution in [-0.4, -0.2) is 46.8 Å². The minimum Gasteiger partial charge on any atom is -0.435 e. The van der Waals surface area contributed by atoms with Crippen LogP contribution in [0, 0.1) is 6.92 Å². The number of aryl methyl sites for hydroxylation is 1. The topological polar surface area (TPSA) is 78.3 Å². The number of rotatable bonds is 10. The van der Waals surface area contributed by atoms with Crippen molar-refractivity contribution in [3.63, 3.8) is 0 Å². The van der Waals surface area contributed by atoms with Gasteiger partial charge in [-0.2, -0.15) is 8.78 Å². The van der Waals surface area contributed by atoms with Crippen molar-refractivity contribution in [1.29, 1.82) is 0 Å². The van der Waals surface area contributed by atoms with E-state index in [4.69, 9.17) is 4.74 Å². The fraction of sp³-hybridized carbons (Fsp3) is 0.286. The van der Waals surface area contributed by atoms with E-state index in [1.54, 1.807) is 7.11 Å². The Hall–Kier alpha value is -2.98. The Balaban J connectivity index is 1.65. The van der Waals surface area contributed by atoms with Crippen LogP contribution in [0.5, 0.6) is 5.75 Å². The first-order chi connectivity index (χ1) is 15.0. The molecule has 164 valence electrons. The molecular formula is C21H22F2N4O3S. The van der Waals surface area contributed by atoms with E-state index in [0.29, 0.717) is 29.8 Å². The van der Waals surface area contributed by atoms with Crippen molar-refractivity contribution >= 4 is 23.4 Å². The number of carbonyl (C=O) groups is 1. The molecule has 0 radical (unpaired) electrons. The third-order valence-corrected chi connectivity index (χ3v) is 5.17. The molecule has 10 heteroatoms. The van der Waals surface area contributed by atoms with Gasteiger partial charge in [-0.05, 0) is 37.3 Å². The molecule has 3 rings (SSSR count). The SMILES string of the molecule is COCCn1c(SCC(=O)Nc2ccc(OC(F)F)cc2)nnc1-c1cccc(C)c1. The second kappa shape index (κ2) is 10.9. The lowest BCUT2D eigenvalue weighted by Crippen LogP contribution is -2.15. The smallest absolute Gasteiger partial charge is 0.387 e. The molecule has 31 heavy (non-hydrogen) atoms. The Kier molecular flexibility index (Phi) is 7.96. The molecule has 0 spiro atoms. The first-order valence-electron chi connectivity index (χ1n) is 9.43. The second-order valence-electron chi connectivity index (χ2n) is 6.56. The van der Waals surface area contributed by atoms with E-state index in [1.807, 2.05) is 35.8 Å². The van der Waals surface area contributed by atoms with E-state index in [-0.39, 0.29) is 17.4 Å². The number of thioether (sulfide) groups is 1. The first kappa shape index (κ1) is 22.7. The van der Waals surface area contributed by atoms with Gasteiger partial charge < -0.3 is 14.8 Å². The van der Waals surface area contributed by atoms with Crippen molar-refractivity contribution < 1.29 is 23.0 Å². The van der Waals surface area contributed by atoms with Gasteiger partial charge in [0.15, 0.2) is 11.0 Å². The molecule has 3 aromatic rings. The summed E-state index contributed by atoms with van der Waals surface area (Å²) < 4.78 is 35.9. The average molecular weight is 448 g/mol. The van der Waals surface area contributed by atoms with Gasteiger partial charge in [-0.15, -0.1) is 10.2 Å². The molecule has 2 aromatic carbocycles. The number of hydrogen-bond acceptors (Lipinski definition) is 6. The number of methoxy groups -OCH3 is 1. The summed E-state index contributed by atoms with van der Waals surface area (Å²) in [4.78, 5) is 12.3. The van der Waals surface area contributed by atoms with Crippen LogP contribution >= 0.6 is 11.8 Å². The fourth-order valence-corrected chi connectivity index (χ4v) is 3.59. The van der Waals surface area contributed by atoms with Crippen molar-refractivity contribution in [2.24, 2.45) is 0 Å². The third-order valence-electron chi connectivity index (χ3n) is 4.21. The quantitative estimate of drug-likeness (QED) is 0.468. The highest BCUT2D eigenvalue weighted by atomic mass is 32.2. The van der Waals surface area contributed by atoms with Crippen LogP contribution in [0.25, 0.3) is 11.4 Å². The summed E-state index contributed by atoms with van der Waals surface area (Å²) in [7, 11) is 1.62. The molecule has 0 aliphatic heterocycles. The molecule has 0 saturated carbocycles. The van der Waals surface area contributed by atoms with Gasteiger partial charge in [0.2, 0.25) is 5.91 Å². The van der Waals surface area contributed by atoms with Crippen molar-refractivity contribution in [2.75, 3.05) is 24.8 Å². The number of anilines is 1. The third kappa shape index (κ3) is 6.50. The van der Waals surface area contributed by atoms with Gasteiger partial charge >= 0.3 is 6.61 Å². The van der Waals surface area contributed by atoms with Crippen molar-refractivity contribution in [3.8, 4) is 17.1 Å². The van der Waals surface area contributed by atoms with E-state index >= 15 is 0 Å². The van der Waals surface area contributed by atoms with E-state index in [2.05, 4.69) is 20.3 Å². The Morgan fingerprint density at radius 1 is 1.19 bits per heavy atom. The first-order valence-corrected chi connectivity index (χ1v) is 10.4. The van der Waals surface area contributed by atoms with Gasteiger partial charge in [-0.1, -0.05) is 35.5 Å². The number of ether oxygens (including phenoxy) is 2. The zero-order valence-electron chi connectivity index (χ0n) is 17.0. The number of nitrogens with one attached hydrogen (secondary N) is 1. The van der Waals surface area contributed by atoms with Crippen LogP contribution in [-0.2, 0) is 16.1 Å². The number of halogens is 2. The van der Waals surface area contributed by atoms with Crippen LogP contribution in [0.15, 0.2) is 53.7 Å².